The minimum Gasteiger partial charge on any atom is -0.495 e. The fraction of sp³-hybridized carbons (Fsp3) is 0.667. The van der Waals surface area contributed by atoms with Crippen LogP contribution in [0.25, 0.3) is 0 Å². The van der Waals surface area contributed by atoms with E-state index >= 15 is 0 Å². The van der Waals surface area contributed by atoms with Crippen LogP contribution in [0, 0.1) is 11.8 Å². The summed E-state index contributed by atoms with van der Waals surface area (Å²) in [6, 6.07) is 8.46. The van der Waals surface area contributed by atoms with Crippen molar-refractivity contribution in [2.45, 2.75) is 45.1 Å². The van der Waals surface area contributed by atoms with Gasteiger partial charge in [0.2, 0.25) is 5.91 Å². The SMILES string of the molecule is COc1ccccc1N1CCC(NC(=O)CC(C)C2CCNCC2)CC1. The Morgan fingerprint density at radius 2 is 1.92 bits per heavy atom. The van der Waals surface area contributed by atoms with Crippen molar-refractivity contribution < 1.29 is 9.53 Å². The highest BCUT2D eigenvalue weighted by Gasteiger charge is 2.25. The van der Waals surface area contributed by atoms with Crippen molar-refractivity contribution >= 4 is 11.6 Å². The van der Waals surface area contributed by atoms with Crippen LogP contribution in [0.4, 0.5) is 5.69 Å². The average molecular weight is 360 g/mol. The summed E-state index contributed by atoms with van der Waals surface area (Å²) < 4.78 is 5.48. The molecule has 0 radical (unpaired) electrons. The van der Waals surface area contributed by atoms with E-state index in [2.05, 4.69) is 28.5 Å². The first-order valence-corrected chi connectivity index (χ1v) is 10.1. The van der Waals surface area contributed by atoms with Gasteiger partial charge in [0.25, 0.3) is 0 Å². The summed E-state index contributed by atoms with van der Waals surface area (Å²) >= 11 is 0. The second-order valence-electron chi connectivity index (χ2n) is 7.77. The number of hydrogen-bond donors (Lipinski definition) is 2. The summed E-state index contributed by atoms with van der Waals surface area (Å²) in [5.74, 6) is 2.32. The second-order valence-corrected chi connectivity index (χ2v) is 7.77. The minimum absolute atomic E-state index is 0.228. The average Bonchev–Trinajstić information content (AvgIpc) is 2.69. The first-order valence-electron chi connectivity index (χ1n) is 10.1. The van der Waals surface area contributed by atoms with E-state index in [-0.39, 0.29) is 5.91 Å². The van der Waals surface area contributed by atoms with Gasteiger partial charge in [-0.3, -0.25) is 4.79 Å². The molecular formula is C21H33N3O2. The molecule has 1 unspecified atom stereocenters. The van der Waals surface area contributed by atoms with E-state index in [1.807, 2.05) is 18.2 Å². The van der Waals surface area contributed by atoms with Gasteiger partial charge in [-0.25, -0.2) is 0 Å². The third kappa shape index (κ3) is 4.91. The number of amides is 1. The van der Waals surface area contributed by atoms with E-state index in [0.717, 1.165) is 50.5 Å². The molecule has 0 aromatic heterocycles. The lowest BCUT2D eigenvalue weighted by Gasteiger charge is -2.35. The van der Waals surface area contributed by atoms with Gasteiger partial charge in [-0.1, -0.05) is 19.1 Å². The molecule has 1 atom stereocenters. The smallest absolute Gasteiger partial charge is 0.220 e. The number of nitrogens with one attached hydrogen (secondary N) is 2. The minimum atomic E-state index is 0.228. The number of para-hydroxylation sites is 2. The van der Waals surface area contributed by atoms with Crippen molar-refractivity contribution in [3.05, 3.63) is 24.3 Å². The Balaban J connectivity index is 1.44. The molecular weight excluding hydrogens is 326 g/mol. The zero-order valence-electron chi connectivity index (χ0n) is 16.2. The highest BCUT2D eigenvalue weighted by Crippen LogP contribution is 2.30. The van der Waals surface area contributed by atoms with Crippen molar-refractivity contribution in [1.82, 2.24) is 10.6 Å². The van der Waals surface area contributed by atoms with Gasteiger partial charge in [-0.2, -0.15) is 0 Å². The number of rotatable bonds is 6. The quantitative estimate of drug-likeness (QED) is 0.820. The molecule has 2 aliphatic rings. The van der Waals surface area contributed by atoms with Gasteiger partial charge in [0, 0.05) is 25.6 Å². The van der Waals surface area contributed by atoms with Gasteiger partial charge in [0.1, 0.15) is 5.75 Å². The summed E-state index contributed by atoms with van der Waals surface area (Å²) in [5, 5.41) is 6.68. The Morgan fingerprint density at radius 1 is 1.23 bits per heavy atom. The number of ether oxygens (including phenoxy) is 1. The Morgan fingerprint density at radius 3 is 2.62 bits per heavy atom. The van der Waals surface area contributed by atoms with Crippen LogP contribution >= 0.6 is 0 Å². The summed E-state index contributed by atoms with van der Waals surface area (Å²) in [6.45, 7) is 6.33. The van der Waals surface area contributed by atoms with Crippen LogP contribution in [-0.4, -0.2) is 45.2 Å². The normalized spacial score (nSPS) is 20.6. The highest BCUT2D eigenvalue weighted by atomic mass is 16.5. The zero-order chi connectivity index (χ0) is 18.4. The topological polar surface area (TPSA) is 53.6 Å². The predicted molar refractivity (Wildman–Crippen MR) is 106 cm³/mol. The van der Waals surface area contributed by atoms with E-state index in [4.69, 9.17) is 4.74 Å². The molecule has 2 N–H and O–H groups in total. The van der Waals surface area contributed by atoms with Crippen molar-refractivity contribution in [1.29, 1.82) is 0 Å². The maximum absolute atomic E-state index is 12.5. The molecule has 2 heterocycles. The van der Waals surface area contributed by atoms with Crippen LogP contribution in [0.1, 0.15) is 39.0 Å². The van der Waals surface area contributed by atoms with E-state index in [1.54, 1.807) is 7.11 Å². The molecule has 144 valence electrons. The molecule has 2 saturated heterocycles. The molecule has 1 amide bonds. The van der Waals surface area contributed by atoms with Crippen molar-refractivity contribution in [2.24, 2.45) is 11.8 Å². The largest absolute Gasteiger partial charge is 0.495 e. The van der Waals surface area contributed by atoms with Gasteiger partial charge in [-0.05, 0) is 62.7 Å². The lowest BCUT2D eigenvalue weighted by molar-refractivity contribution is -0.123. The van der Waals surface area contributed by atoms with Crippen molar-refractivity contribution in [3.63, 3.8) is 0 Å². The Labute approximate surface area is 157 Å². The maximum atomic E-state index is 12.5. The number of piperidine rings is 2. The van der Waals surface area contributed by atoms with Crippen molar-refractivity contribution in [3.8, 4) is 5.75 Å². The summed E-state index contributed by atoms with van der Waals surface area (Å²) in [5.41, 5.74) is 1.15. The van der Waals surface area contributed by atoms with Gasteiger partial charge in [-0.15, -0.1) is 0 Å². The molecule has 26 heavy (non-hydrogen) atoms. The first kappa shape index (κ1) is 19.0. The number of anilines is 1. The predicted octanol–water partition coefficient (Wildman–Crippen LogP) is 2.81. The number of carbonyl (C=O) groups is 1. The second kappa shape index (κ2) is 9.26. The third-order valence-corrected chi connectivity index (χ3v) is 5.98. The van der Waals surface area contributed by atoms with Crippen LogP contribution < -0.4 is 20.3 Å². The van der Waals surface area contributed by atoms with Gasteiger partial charge < -0.3 is 20.3 Å². The molecule has 0 saturated carbocycles. The van der Waals surface area contributed by atoms with Gasteiger partial charge in [0.15, 0.2) is 0 Å². The van der Waals surface area contributed by atoms with E-state index in [1.165, 1.54) is 12.8 Å². The lowest BCUT2D eigenvalue weighted by Crippen LogP contribution is -2.45. The van der Waals surface area contributed by atoms with Crippen LogP contribution in [0.5, 0.6) is 5.75 Å². The van der Waals surface area contributed by atoms with Crippen LogP contribution in [0.2, 0.25) is 0 Å². The molecule has 3 rings (SSSR count). The van der Waals surface area contributed by atoms with Gasteiger partial charge in [0.05, 0.1) is 12.8 Å². The van der Waals surface area contributed by atoms with Crippen LogP contribution in [0.3, 0.4) is 0 Å². The lowest BCUT2D eigenvalue weighted by atomic mass is 9.84. The number of nitrogens with zero attached hydrogens (tertiary/aromatic N) is 1. The Bertz CT molecular complexity index is 578. The fourth-order valence-electron chi connectivity index (χ4n) is 4.31. The summed E-state index contributed by atoms with van der Waals surface area (Å²) in [7, 11) is 1.72. The number of methoxy groups -OCH3 is 1. The standard InChI is InChI=1S/C21H33N3O2/c1-16(17-7-11-22-12-8-17)15-21(25)23-18-9-13-24(14-10-18)19-5-3-4-6-20(19)26-2/h3-6,16-18,22H,7-15H2,1-2H3,(H,23,25). The van der Waals surface area contributed by atoms with Crippen molar-refractivity contribution in [2.75, 3.05) is 38.2 Å². The summed E-state index contributed by atoms with van der Waals surface area (Å²) in [4.78, 5) is 14.8. The molecule has 5 nitrogen and oxygen atoms in total. The Hall–Kier alpha value is -1.75. The monoisotopic (exact) mass is 359 g/mol. The molecule has 2 fully saturated rings. The number of benzene rings is 1. The molecule has 0 aliphatic carbocycles. The van der Waals surface area contributed by atoms with E-state index in [0.29, 0.717) is 24.3 Å². The fourth-order valence-corrected chi connectivity index (χ4v) is 4.31. The van der Waals surface area contributed by atoms with Crippen LogP contribution in [-0.2, 0) is 4.79 Å². The van der Waals surface area contributed by atoms with Crippen LogP contribution in [0.15, 0.2) is 24.3 Å². The maximum Gasteiger partial charge on any atom is 0.220 e. The highest BCUT2D eigenvalue weighted by molar-refractivity contribution is 5.76. The molecule has 2 aliphatic heterocycles. The molecule has 5 heteroatoms. The third-order valence-electron chi connectivity index (χ3n) is 5.98. The Kier molecular flexibility index (Phi) is 6.78. The van der Waals surface area contributed by atoms with E-state index < -0.39 is 0 Å². The number of hydrogen-bond acceptors (Lipinski definition) is 4. The van der Waals surface area contributed by atoms with Gasteiger partial charge >= 0.3 is 0 Å². The molecule has 0 bridgehead atoms. The first-order chi connectivity index (χ1) is 12.7. The van der Waals surface area contributed by atoms with E-state index in [9.17, 15) is 4.79 Å². The number of carbonyl (C=O) groups excluding carboxylic acids is 1. The molecule has 1 aromatic rings. The molecule has 0 spiro atoms. The zero-order valence-corrected chi connectivity index (χ0v) is 16.2. The summed E-state index contributed by atoms with van der Waals surface area (Å²) in [6.07, 6.45) is 5.05. The molecule has 1 aromatic carbocycles.